The predicted octanol–water partition coefficient (Wildman–Crippen LogP) is 5.67. The monoisotopic (exact) mass is 424 g/mol. The first-order valence-corrected chi connectivity index (χ1v) is 8.54. The Bertz CT molecular complexity index is 1140. The summed E-state index contributed by atoms with van der Waals surface area (Å²) < 4.78 is 46.4. The highest BCUT2D eigenvalue weighted by molar-refractivity contribution is 6.34. The molecule has 1 aliphatic rings. The quantitative estimate of drug-likeness (QED) is 0.532. The Kier molecular flexibility index (Phi) is 4.40. The van der Waals surface area contributed by atoms with Crippen LogP contribution in [0.1, 0.15) is 17.0 Å². The number of rotatable bonds is 2. The molecule has 5 nitrogen and oxygen atoms in total. The smallest absolute Gasteiger partial charge is 0.435 e. The molecule has 0 spiro atoms. The molecule has 3 aromatic rings. The number of halogens is 5. The molecule has 0 aliphatic carbocycles. The Morgan fingerprint density at radius 2 is 1.82 bits per heavy atom. The van der Waals surface area contributed by atoms with Gasteiger partial charge in [0.2, 0.25) is 5.90 Å². The van der Waals surface area contributed by atoms with Gasteiger partial charge in [0.15, 0.2) is 11.5 Å². The van der Waals surface area contributed by atoms with Crippen LogP contribution in [0.15, 0.2) is 54.2 Å². The minimum atomic E-state index is -4.69. The lowest BCUT2D eigenvalue weighted by Gasteiger charge is -2.19. The van der Waals surface area contributed by atoms with Gasteiger partial charge in [0.05, 0.1) is 15.7 Å². The van der Waals surface area contributed by atoms with Gasteiger partial charge in [-0.25, -0.2) is 14.7 Å². The highest BCUT2D eigenvalue weighted by atomic mass is 35.5. The largest absolute Gasteiger partial charge is 0.437 e. The van der Waals surface area contributed by atoms with Crippen LogP contribution in [0.5, 0.6) is 0 Å². The Labute approximate surface area is 166 Å². The normalized spacial score (nSPS) is 13.8. The van der Waals surface area contributed by atoms with E-state index in [4.69, 9.17) is 27.9 Å². The van der Waals surface area contributed by atoms with Crippen molar-refractivity contribution in [3.63, 3.8) is 0 Å². The third kappa shape index (κ3) is 3.14. The van der Waals surface area contributed by atoms with E-state index in [2.05, 4.69) is 21.7 Å². The lowest BCUT2D eigenvalue weighted by atomic mass is 10.1. The average Bonchev–Trinajstić information content (AvgIpc) is 3.08. The molecule has 10 heteroatoms. The van der Waals surface area contributed by atoms with Crippen molar-refractivity contribution in [1.29, 1.82) is 0 Å². The second-order valence-electron chi connectivity index (χ2n) is 5.71. The Morgan fingerprint density at radius 1 is 1.07 bits per heavy atom. The standard InChI is InChI=1S/C18H9Cl2F3N4O/c1-9-10-4-2-5-11(19)15(10)25-17(28-9)13-8-14(18(21,22)23)26-27(13)16-12(20)6-3-7-24-16/h2-8H,1H2. The zero-order valence-corrected chi connectivity index (χ0v) is 15.3. The molecule has 0 radical (unpaired) electrons. The maximum absolute atomic E-state index is 13.3. The zero-order valence-electron chi connectivity index (χ0n) is 13.8. The van der Waals surface area contributed by atoms with Gasteiger partial charge in [-0.1, -0.05) is 35.8 Å². The third-order valence-corrected chi connectivity index (χ3v) is 4.48. The number of aromatic nitrogens is 3. The molecule has 0 saturated carbocycles. The molecule has 0 fully saturated rings. The summed E-state index contributed by atoms with van der Waals surface area (Å²) in [5.41, 5.74) is -0.371. The highest BCUT2D eigenvalue weighted by Crippen LogP contribution is 2.39. The maximum atomic E-state index is 13.3. The first-order chi connectivity index (χ1) is 13.3. The van der Waals surface area contributed by atoms with Crippen LogP contribution in [0.4, 0.5) is 18.9 Å². The van der Waals surface area contributed by atoms with Crippen molar-refractivity contribution < 1.29 is 17.9 Å². The Morgan fingerprint density at radius 3 is 2.54 bits per heavy atom. The number of fused-ring (bicyclic) bond motifs is 1. The molecule has 28 heavy (non-hydrogen) atoms. The van der Waals surface area contributed by atoms with Crippen molar-refractivity contribution in [2.24, 2.45) is 4.99 Å². The predicted molar refractivity (Wildman–Crippen MR) is 99.1 cm³/mol. The van der Waals surface area contributed by atoms with Crippen LogP contribution in [0.3, 0.4) is 0 Å². The van der Waals surface area contributed by atoms with Crippen molar-refractivity contribution >= 4 is 40.5 Å². The van der Waals surface area contributed by atoms with E-state index in [1.165, 1.54) is 12.3 Å². The molecule has 1 aliphatic heterocycles. The van der Waals surface area contributed by atoms with Gasteiger partial charge >= 0.3 is 6.18 Å². The Balaban J connectivity index is 1.95. The van der Waals surface area contributed by atoms with E-state index in [9.17, 15) is 13.2 Å². The van der Waals surface area contributed by atoms with Crippen molar-refractivity contribution in [3.05, 3.63) is 76.2 Å². The SMILES string of the molecule is C=C1OC(c2cc(C(F)(F)F)nn2-c2ncccc2Cl)=Nc2c(Cl)cccc21. The molecule has 0 bridgehead atoms. The number of ether oxygens (including phenoxy) is 1. The minimum Gasteiger partial charge on any atom is -0.437 e. The van der Waals surface area contributed by atoms with Gasteiger partial charge in [0.1, 0.15) is 11.5 Å². The maximum Gasteiger partial charge on any atom is 0.435 e. The van der Waals surface area contributed by atoms with Gasteiger partial charge in [0, 0.05) is 17.8 Å². The van der Waals surface area contributed by atoms with E-state index in [-0.39, 0.29) is 28.2 Å². The summed E-state index contributed by atoms with van der Waals surface area (Å²) in [5, 5.41) is 4.02. The van der Waals surface area contributed by atoms with E-state index < -0.39 is 11.9 Å². The van der Waals surface area contributed by atoms with Crippen LogP contribution in [0.25, 0.3) is 11.6 Å². The van der Waals surface area contributed by atoms with Gasteiger partial charge in [-0.2, -0.15) is 18.3 Å². The van der Waals surface area contributed by atoms with Gasteiger partial charge < -0.3 is 4.74 Å². The number of hydrogen-bond acceptors (Lipinski definition) is 4. The molecule has 0 unspecified atom stereocenters. The summed E-state index contributed by atoms with van der Waals surface area (Å²) in [6.07, 6.45) is -3.31. The Hall–Kier alpha value is -2.84. The molecule has 0 saturated heterocycles. The molecular weight excluding hydrogens is 416 g/mol. The van der Waals surface area contributed by atoms with E-state index in [1.807, 2.05) is 0 Å². The molecule has 0 amide bonds. The number of aliphatic imine (C=N–C) groups is 1. The first-order valence-electron chi connectivity index (χ1n) is 7.78. The molecular formula is C18H9Cl2F3N4O. The van der Waals surface area contributed by atoms with E-state index in [0.29, 0.717) is 16.3 Å². The van der Waals surface area contributed by atoms with Gasteiger partial charge in [-0.15, -0.1) is 0 Å². The topological polar surface area (TPSA) is 52.3 Å². The van der Waals surface area contributed by atoms with E-state index in [0.717, 1.165) is 10.7 Å². The second-order valence-corrected chi connectivity index (χ2v) is 6.53. The van der Waals surface area contributed by atoms with Crippen molar-refractivity contribution in [2.45, 2.75) is 6.18 Å². The fourth-order valence-corrected chi connectivity index (χ4v) is 3.04. The van der Waals surface area contributed by atoms with Gasteiger partial charge in [-0.05, 0) is 24.3 Å². The van der Waals surface area contributed by atoms with Crippen LogP contribution in [-0.4, -0.2) is 20.7 Å². The molecule has 142 valence electrons. The van der Waals surface area contributed by atoms with Gasteiger partial charge in [0.25, 0.3) is 0 Å². The lowest BCUT2D eigenvalue weighted by Crippen LogP contribution is -2.16. The number of pyridine rings is 1. The number of alkyl halides is 3. The molecule has 4 rings (SSSR count). The van der Waals surface area contributed by atoms with Crippen LogP contribution < -0.4 is 0 Å². The fourth-order valence-electron chi connectivity index (χ4n) is 2.63. The van der Waals surface area contributed by atoms with E-state index >= 15 is 0 Å². The molecule has 3 heterocycles. The number of hydrogen-bond donors (Lipinski definition) is 0. The fraction of sp³-hybridized carbons (Fsp3) is 0.0556. The molecule has 0 N–H and O–H groups in total. The van der Waals surface area contributed by atoms with E-state index in [1.54, 1.807) is 24.3 Å². The zero-order chi connectivity index (χ0) is 20.1. The van der Waals surface area contributed by atoms with Crippen LogP contribution in [0.2, 0.25) is 10.0 Å². The summed E-state index contributed by atoms with van der Waals surface area (Å²) in [5.74, 6) is 0.0304. The minimum absolute atomic E-state index is 0.00321. The number of benzene rings is 1. The van der Waals surface area contributed by atoms with Crippen LogP contribution in [0, 0.1) is 0 Å². The summed E-state index contributed by atoms with van der Waals surface area (Å²) in [6.45, 7) is 3.79. The highest BCUT2D eigenvalue weighted by Gasteiger charge is 2.37. The second kappa shape index (κ2) is 6.65. The van der Waals surface area contributed by atoms with Crippen LogP contribution >= 0.6 is 23.2 Å². The molecule has 1 aromatic carbocycles. The van der Waals surface area contributed by atoms with Crippen molar-refractivity contribution in [1.82, 2.24) is 14.8 Å². The number of nitrogens with zero attached hydrogens (tertiary/aromatic N) is 4. The molecule has 0 atom stereocenters. The number of para-hydroxylation sites is 1. The van der Waals surface area contributed by atoms with Crippen LogP contribution in [-0.2, 0) is 10.9 Å². The summed E-state index contributed by atoms with van der Waals surface area (Å²) in [4.78, 5) is 8.30. The van der Waals surface area contributed by atoms with Crippen molar-refractivity contribution in [3.8, 4) is 5.82 Å². The lowest BCUT2D eigenvalue weighted by molar-refractivity contribution is -0.141. The summed E-state index contributed by atoms with van der Waals surface area (Å²) >= 11 is 12.3. The third-order valence-electron chi connectivity index (χ3n) is 3.88. The molecule has 2 aromatic heterocycles. The summed E-state index contributed by atoms with van der Waals surface area (Å²) in [6, 6.07) is 8.82. The summed E-state index contributed by atoms with van der Waals surface area (Å²) in [7, 11) is 0. The van der Waals surface area contributed by atoms with Gasteiger partial charge in [-0.3, -0.25) is 0 Å². The van der Waals surface area contributed by atoms with Crippen molar-refractivity contribution in [2.75, 3.05) is 0 Å². The average molecular weight is 425 g/mol. The first kappa shape index (κ1) is 18.5.